The summed E-state index contributed by atoms with van der Waals surface area (Å²) < 4.78 is 5.31. The lowest BCUT2D eigenvalue weighted by Gasteiger charge is -2.19. The Bertz CT molecular complexity index is 632. The monoisotopic (exact) mass is 285 g/mol. The van der Waals surface area contributed by atoms with Gasteiger partial charge in [0, 0.05) is 31.6 Å². The molecule has 0 aliphatic carbocycles. The minimum absolute atomic E-state index is 0.0748. The minimum atomic E-state index is -0.407. The van der Waals surface area contributed by atoms with Gasteiger partial charge >= 0.3 is 0 Å². The lowest BCUT2D eigenvalue weighted by Crippen LogP contribution is -2.23. The highest BCUT2D eigenvalue weighted by Crippen LogP contribution is 2.16. The third kappa shape index (κ3) is 4.44. The molecule has 0 aliphatic rings. The fourth-order valence-corrected chi connectivity index (χ4v) is 2.07. The van der Waals surface area contributed by atoms with Gasteiger partial charge in [-0.15, -0.1) is 0 Å². The Hall–Kier alpha value is -2.65. The van der Waals surface area contributed by atoms with Crippen molar-refractivity contribution in [1.82, 2.24) is 4.90 Å². The van der Waals surface area contributed by atoms with Gasteiger partial charge in [-0.05, 0) is 17.7 Å². The molecule has 21 heavy (non-hydrogen) atoms. The summed E-state index contributed by atoms with van der Waals surface area (Å²) in [4.78, 5) is 12.4. The summed E-state index contributed by atoms with van der Waals surface area (Å²) in [6.45, 7) is 1.68. The van der Waals surface area contributed by atoms with Crippen LogP contribution in [-0.4, -0.2) is 16.4 Å². The molecule has 0 fully saturated rings. The van der Waals surface area contributed by atoms with Crippen molar-refractivity contribution in [3.63, 3.8) is 0 Å². The molecule has 0 unspecified atom stereocenters. The number of hydrogen-bond acceptors (Lipinski definition) is 5. The first-order valence-electron chi connectivity index (χ1n) is 6.54. The SMILES string of the molecule is N#CCCN(Cc1cccc([N+](=O)[O-])c1)Cc1ccco1. The van der Waals surface area contributed by atoms with Gasteiger partial charge in [0.1, 0.15) is 5.76 Å². The predicted octanol–water partition coefficient (Wildman–Crippen LogP) is 3.10. The van der Waals surface area contributed by atoms with Crippen molar-refractivity contribution in [2.45, 2.75) is 19.5 Å². The molecular weight excluding hydrogens is 270 g/mol. The van der Waals surface area contributed by atoms with E-state index in [1.54, 1.807) is 18.4 Å². The molecule has 0 radical (unpaired) electrons. The van der Waals surface area contributed by atoms with Gasteiger partial charge < -0.3 is 4.42 Å². The molecule has 2 aromatic rings. The van der Waals surface area contributed by atoms with Crippen LogP contribution in [0.15, 0.2) is 47.1 Å². The van der Waals surface area contributed by atoms with Crippen molar-refractivity contribution in [1.29, 1.82) is 5.26 Å². The summed E-state index contributed by atoms with van der Waals surface area (Å²) in [5, 5.41) is 19.5. The number of nitro groups is 1. The van der Waals surface area contributed by atoms with E-state index in [1.165, 1.54) is 6.07 Å². The summed E-state index contributed by atoms with van der Waals surface area (Å²) in [5.41, 5.74) is 0.916. The molecule has 108 valence electrons. The first kappa shape index (κ1) is 14.8. The summed E-state index contributed by atoms with van der Waals surface area (Å²) in [5.74, 6) is 0.804. The predicted molar refractivity (Wildman–Crippen MR) is 76.1 cm³/mol. The fourth-order valence-electron chi connectivity index (χ4n) is 2.07. The second kappa shape index (κ2) is 7.22. The number of nitro benzene ring substituents is 1. The molecule has 0 amide bonds. The average molecular weight is 285 g/mol. The van der Waals surface area contributed by atoms with Crippen LogP contribution in [0, 0.1) is 21.4 Å². The van der Waals surface area contributed by atoms with Crippen LogP contribution in [0.2, 0.25) is 0 Å². The van der Waals surface area contributed by atoms with Crippen LogP contribution in [-0.2, 0) is 13.1 Å². The van der Waals surface area contributed by atoms with Crippen LogP contribution in [0.25, 0.3) is 0 Å². The normalized spacial score (nSPS) is 10.5. The number of non-ortho nitro benzene ring substituents is 1. The molecule has 2 rings (SSSR count). The summed E-state index contributed by atoms with van der Waals surface area (Å²) in [6.07, 6.45) is 2.00. The van der Waals surface area contributed by atoms with Gasteiger partial charge in [0.25, 0.3) is 5.69 Å². The highest BCUT2D eigenvalue weighted by molar-refractivity contribution is 5.34. The van der Waals surface area contributed by atoms with Gasteiger partial charge in [0.15, 0.2) is 0 Å². The summed E-state index contributed by atoms with van der Waals surface area (Å²) in [6, 6.07) is 12.3. The van der Waals surface area contributed by atoms with Crippen LogP contribution < -0.4 is 0 Å². The van der Waals surface area contributed by atoms with Crippen LogP contribution >= 0.6 is 0 Å². The Morgan fingerprint density at radius 2 is 2.14 bits per heavy atom. The molecule has 0 bridgehead atoms. The van der Waals surface area contributed by atoms with Crippen LogP contribution in [0.3, 0.4) is 0 Å². The van der Waals surface area contributed by atoms with E-state index in [2.05, 4.69) is 6.07 Å². The second-order valence-electron chi connectivity index (χ2n) is 4.63. The third-order valence-electron chi connectivity index (χ3n) is 3.03. The van der Waals surface area contributed by atoms with Crippen molar-refractivity contribution < 1.29 is 9.34 Å². The maximum atomic E-state index is 10.8. The minimum Gasteiger partial charge on any atom is -0.468 e. The lowest BCUT2D eigenvalue weighted by atomic mass is 10.2. The average Bonchev–Trinajstić information content (AvgIpc) is 2.98. The van der Waals surface area contributed by atoms with Gasteiger partial charge in [0.05, 0.1) is 23.8 Å². The first-order valence-corrected chi connectivity index (χ1v) is 6.54. The van der Waals surface area contributed by atoms with Crippen LogP contribution in [0.1, 0.15) is 17.7 Å². The molecule has 6 heteroatoms. The van der Waals surface area contributed by atoms with Crippen LogP contribution in [0.5, 0.6) is 0 Å². The largest absolute Gasteiger partial charge is 0.468 e. The summed E-state index contributed by atoms with van der Waals surface area (Å²) >= 11 is 0. The number of rotatable bonds is 7. The zero-order valence-corrected chi connectivity index (χ0v) is 11.4. The summed E-state index contributed by atoms with van der Waals surface area (Å²) in [7, 11) is 0. The van der Waals surface area contributed by atoms with Crippen molar-refractivity contribution in [2.75, 3.05) is 6.54 Å². The van der Waals surface area contributed by atoms with E-state index in [4.69, 9.17) is 9.68 Å². The molecule has 0 aliphatic heterocycles. The smallest absolute Gasteiger partial charge is 0.269 e. The molecule has 0 atom stereocenters. The standard InChI is InChI=1S/C15H15N3O3/c16-7-3-8-17(12-15-6-2-9-21-15)11-13-4-1-5-14(10-13)18(19)20/h1-2,4-6,9-10H,3,8,11-12H2. The number of hydrogen-bond donors (Lipinski definition) is 0. The van der Waals surface area contributed by atoms with Gasteiger partial charge in [-0.2, -0.15) is 5.26 Å². The van der Waals surface area contributed by atoms with Gasteiger partial charge in [-0.1, -0.05) is 12.1 Å². The zero-order chi connectivity index (χ0) is 15.1. The molecular formula is C15H15N3O3. The number of nitrogens with zero attached hydrogens (tertiary/aromatic N) is 3. The molecule has 1 aromatic heterocycles. The maximum absolute atomic E-state index is 10.8. The third-order valence-corrected chi connectivity index (χ3v) is 3.03. The molecule has 6 nitrogen and oxygen atoms in total. The molecule has 1 aromatic carbocycles. The first-order chi connectivity index (χ1) is 10.2. The molecule has 1 heterocycles. The Labute approximate surface area is 122 Å². The molecule has 0 spiro atoms. The fraction of sp³-hybridized carbons (Fsp3) is 0.267. The van der Waals surface area contributed by atoms with E-state index in [0.29, 0.717) is 26.1 Å². The highest BCUT2D eigenvalue weighted by atomic mass is 16.6. The Morgan fingerprint density at radius 1 is 1.29 bits per heavy atom. The van der Waals surface area contributed by atoms with E-state index >= 15 is 0 Å². The van der Waals surface area contributed by atoms with Gasteiger partial charge in [0.2, 0.25) is 0 Å². The zero-order valence-electron chi connectivity index (χ0n) is 11.4. The van der Waals surface area contributed by atoms with Crippen molar-refractivity contribution in [2.24, 2.45) is 0 Å². The highest BCUT2D eigenvalue weighted by Gasteiger charge is 2.11. The molecule has 0 saturated heterocycles. The van der Waals surface area contributed by atoms with Crippen molar-refractivity contribution >= 4 is 5.69 Å². The van der Waals surface area contributed by atoms with E-state index in [-0.39, 0.29) is 5.69 Å². The lowest BCUT2D eigenvalue weighted by molar-refractivity contribution is -0.384. The van der Waals surface area contributed by atoms with Crippen molar-refractivity contribution in [3.8, 4) is 6.07 Å². The van der Waals surface area contributed by atoms with Crippen LogP contribution in [0.4, 0.5) is 5.69 Å². The number of furan rings is 1. The second-order valence-corrected chi connectivity index (χ2v) is 4.63. The van der Waals surface area contributed by atoms with Crippen molar-refractivity contribution in [3.05, 3.63) is 64.1 Å². The Balaban J connectivity index is 2.08. The van der Waals surface area contributed by atoms with Gasteiger partial charge in [-0.3, -0.25) is 15.0 Å². The Kier molecular flexibility index (Phi) is 5.07. The van der Waals surface area contributed by atoms with Gasteiger partial charge in [-0.25, -0.2) is 0 Å². The maximum Gasteiger partial charge on any atom is 0.269 e. The Morgan fingerprint density at radius 3 is 2.81 bits per heavy atom. The molecule has 0 N–H and O–H groups in total. The quantitative estimate of drug-likeness (QED) is 0.576. The molecule has 0 saturated carbocycles. The van der Waals surface area contributed by atoms with E-state index in [0.717, 1.165) is 11.3 Å². The van der Waals surface area contributed by atoms with E-state index in [1.807, 2.05) is 23.1 Å². The van der Waals surface area contributed by atoms with E-state index < -0.39 is 4.92 Å². The number of benzene rings is 1. The number of nitriles is 1. The topological polar surface area (TPSA) is 83.3 Å². The van der Waals surface area contributed by atoms with E-state index in [9.17, 15) is 10.1 Å².